The molecule has 4 nitrogen and oxygen atoms in total. The fourth-order valence-corrected chi connectivity index (χ4v) is 2.04. The number of carbonyl (C=O) groups is 1. The lowest BCUT2D eigenvalue weighted by atomic mass is 10.2. The lowest BCUT2D eigenvalue weighted by molar-refractivity contribution is -0.137. The maximum atomic E-state index is 12.7. The number of hydrogen-bond acceptors (Lipinski definition) is 3. The average molecular weight is 407 g/mol. The summed E-state index contributed by atoms with van der Waals surface area (Å²) in [4.78, 5) is 19.8. The van der Waals surface area contributed by atoms with Gasteiger partial charge in [-0.3, -0.25) is 4.79 Å². The number of halogens is 4. The predicted octanol–water partition coefficient (Wildman–Crippen LogP) is 3.66. The molecule has 0 saturated heterocycles. The van der Waals surface area contributed by atoms with Gasteiger partial charge >= 0.3 is 6.18 Å². The molecule has 2 aromatic rings. The molecule has 0 bridgehead atoms. The van der Waals surface area contributed by atoms with Crippen LogP contribution in [0, 0.1) is 10.5 Å². The number of nitrogens with one attached hydrogen (secondary N) is 1. The first-order chi connectivity index (χ1) is 9.77. The molecule has 0 fully saturated rings. The van der Waals surface area contributed by atoms with Crippen molar-refractivity contribution in [3.63, 3.8) is 0 Å². The van der Waals surface area contributed by atoms with Crippen LogP contribution >= 0.6 is 22.6 Å². The van der Waals surface area contributed by atoms with Gasteiger partial charge in [0.2, 0.25) is 0 Å². The third-order valence-corrected chi connectivity index (χ3v) is 3.49. The van der Waals surface area contributed by atoms with Crippen molar-refractivity contribution in [2.45, 2.75) is 13.1 Å². The summed E-state index contributed by atoms with van der Waals surface area (Å²) in [6, 6.07) is 4.55. The lowest BCUT2D eigenvalue weighted by Gasteiger charge is -2.11. The van der Waals surface area contributed by atoms with E-state index < -0.39 is 17.6 Å². The fourth-order valence-electron chi connectivity index (χ4n) is 1.57. The van der Waals surface area contributed by atoms with Crippen LogP contribution < -0.4 is 5.32 Å². The number of hydrogen-bond donors (Lipinski definition) is 1. The monoisotopic (exact) mass is 407 g/mol. The number of alkyl halides is 3. The Labute approximate surface area is 131 Å². The smallest absolute Gasteiger partial charge is 0.320 e. The second-order valence-electron chi connectivity index (χ2n) is 4.14. The second-order valence-corrected chi connectivity index (χ2v) is 5.30. The highest BCUT2D eigenvalue weighted by Crippen LogP contribution is 2.32. The van der Waals surface area contributed by atoms with E-state index in [1.807, 2.05) is 22.6 Å². The molecule has 0 aliphatic heterocycles. The highest BCUT2D eigenvalue weighted by atomic mass is 127. The molecule has 0 aliphatic carbocycles. The van der Waals surface area contributed by atoms with Gasteiger partial charge in [-0.05, 0) is 53.8 Å². The molecule has 2 rings (SSSR count). The summed E-state index contributed by atoms with van der Waals surface area (Å²) in [5.74, 6) is -0.181. The Morgan fingerprint density at radius 3 is 2.62 bits per heavy atom. The van der Waals surface area contributed by atoms with Crippen molar-refractivity contribution in [1.82, 2.24) is 9.97 Å². The molecule has 110 valence electrons. The Balaban J connectivity index is 2.29. The topological polar surface area (TPSA) is 54.9 Å². The van der Waals surface area contributed by atoms with Gasteiger partial charge in [0.1, 0.15) is 11.5 Å². The molecule has 0 spiro atoms. The van der Waals surface area contributed by atoms with Gasteiger partial charge < -0.3 is 5.32 Å². The predicted molar refractivity (Wildman–Crippen MR) is 78.9 cm³/mol. The van der Waals surface area contributed by atoms with E-state index in [-0.39, 0.29) is 11.4 Å². The number of aryl methyl sites for hydroxylation is 1. The van der Waals surface area contributed by atoms with Crippen LogP contribution in [0.4, 0.5) is 18.9 Å². The van der Waals surface area contributed by atoms with E-state index in [1.165, 1.54) is 18.3 Å². The van der Waals surface area contributed by atoms with Gasteiger partial charge in [0, 0.05) is 9.77 Å². The Kier molecular flexibility index (Phi) is 4.45. The molecule has 8 heteroatoms. The minimum absolute atomic E-state index is 0.0895. The lowest BCUT2D eigenvalue weighted by Crippen LogP contribution is -2.16. The molecule has 1 heterocycles. The maximum Gasteiger partial charge on any atom is 0.416 e. The molecular formula is C13H9F3IN3O. The number of anilines is 1. The number of rotatable bonds is 2. The van der Waals surface area contributed by atoms with E-state index in [0.717, 1.165) is 12.1 Å². The number of carbonyl (C=O) groups excluding carboxylic acids is 1. The van der Waals surface area contributed by atoms with Gasteiger partial charge in [-0.15, -0.1) is 0 Å². The van der Waals surface area contributed by atoms with Gasteiger partial charge in [0.15, 0.2) is 0 Å². The standard InChI is InChI=1S/C13H9F3IN3O/c1-7-18-5-4-10(19-7)12(21)20-11-6-8(13(14,15)16)2-3-9(11)17/h2-6H,1H3,(H,20,21). The Morgan fingerprint density at radius 2 is 2.00 bits per heavy atom. The minimum Gasteiger partial charge on any atom is -0.320 e. The molecule has 0 saturated carbocycles. The van der Waals surface area contributed by atoms with Crippen molar-refractivity contribution in [3.8, 4) is 0 Å². The zero-order chi connectivity index (χ0) is 15.6. The van der Waals surface area contributed by atoms with E-state index in [2.05, 4.69) is 15.3 Å². The number of nitrogens with zero attached hydrogens (tertiary/aromatic N) is 2. The number of benzene rings is 1. The SMILES string of the molecule is Cc1nccc(C(=O)Nc2cc(C(F)(F)F)ccc2I)n1. The molecule has 0 atom stereocenters. The van der Waals surface area contributed by atoms with Crippen LogP contribution in [0.2, 0.25) is 0 Å². The molecule has 1 N–H and O–H groups in total. The second kappa shape index (κ2) is 5.96. The van der Waals surface area contributed by atoms with Crippen molar-refractivity contribution in [2.75, 3.05) is 5.32 Å². The van der Waals surface area contributed by atoms with Crippen molar-refractivity contribution >= 4 is 34.2 Å². The van der Waals surface area contributed by atoms with E-state index in [4.69, 9.17) is 0 Å². The highest BCUT2D eigenvalue weighted by Gasteiger charge is 2.31. The highest BCUT2D eigenvalue weighted by molar-refractivity contribution is 14.1. The van der Waals surface area contributed by atoms with Crippen LogP contribution in [-0.2, 0) is 6.18 Å². The summed E-state index contributed by atoms with van der Waals surface area (Å²) in [7, 11) is 0. The largest absolute Gasteiger partial charge is 0.416 e. The Morgan fingerprint density at radius 1 is 1.29 bits per heavy atom. The molecule has 0 aliphatic rings. The van der Waals surface area contributed by atoms with Crippen molar-refractivity contribution < 1.29 is 18.0 Å². The Hall–Kier alpha value is -1.71. The van der Waals surface area contributed by atoms with E-state index in [1.54, 1.807) is 6.92 Å². The molecule has 0 radical (unpaired) electrons. The molecular weight excluding hydrogens is 398 g/mol. The van der Waals surface area contributed by atoms with Gasteiger partial charge in [0.25, 0.3) is 5.91 Å². The van der Waals surface area contributed by atoms with Crippen LogP contribution in [0.25, 0.3) is 0 Å². The van der Waals surface area contributed by atoms with Crippen molar-refractivity contribution in [2.24, 2.45) is 0 Å². The zero-order valence-corrected chi connectivity index (χ0v) is 12.9. The minimum atomic E-state index is -4.46. The Bertz CT molecular complexity index is 689. The summed E-state index contributed by atoms with van der Waals surface area (Å²) in [6.07, 6.45) is -3.05. The molecule has 1 aromatic heterocycles. The van der Waals surface area contributed by atoms with E-state index in [0.29, 0.717) is 9.39 Å². The zero-order valence-electron chi connectivity index (χ0n) is 10.7. The summed E-state index contributed by atoms with van der Waals surface area (Å²) in [6.45, 7) is 1.62. The van der Waals surface area contributed by atoms with Gasteiger partial charge in [0.05, 0.1) is 11.3 Å². The summed E-state index contributed by atoms with van der Waals surface area (Å²) in [5, 5.41) is 2.43. The van der Waals surface area contributed by atoms with Crippen LogP contribution in [-0.4, -0.2) is 15.9 Å². The number of aromatic nitrogens is 2. The van der Waals surface area contributed by atoms with Gasteiger partial charge in [-0.25, -0.2) is 9.97 Å². The van der Waals surface area contributed by atoms with Crippen molar-refractivity contribution in [1.29, 1.82) is 0 Å². The van der Waals surface area contributed by atoms with E-state index >= 15 is 0 Å². The van der Waals surface area contributed by atoms with Crippen LogP contribution in [0.1, 0.15) is 21.9 Å². The molecule has 21 heavy (non-hydrogen) atoms. The van der Waals surface area contributed by atoms with Gasteiger partial charge in [-0.1, -0.05) is 0 Å². The molecule has 1 amide bonds. The summed E-state index contributed by atoms with van der Waals surface area (Å²) in [5.41, 5.74) is -0.639. The molecule has 1 aromatic carbocycles. The first kappa shape index (κ1) is 15.7. The van der Waals surface area contributed by atoms with Crippen molar-refractivity contribution in [3.05, 3.63) is 51.1 Å². The van der Waals surface area contributed by atoms with Gasteiger partial charge in [-0.2, -0.15) is 13.2 Å². The third-order valence-electron chi connectivity index (χ3n) is 2.55. The quantitative estimate of drug-likeness (QED) is 0.774. The van der Waals surface area contributed by atoms with Crippen LogP contribution in [0.5, 0.6) is 0 Å². The third kappa shape index (κ3) is 3.90. The normalized spacial score (nSPS) is 11.3. The number of amides is 1. The first-order valence-corrected chi connectivity index (χ1v) is 6.83. The molecule has 0 unspecified atom stereocenters. The van der Waals surface area contributed by atoms with E-state index in [9.17, 15) is 18.0 Å². The summed E-state index contributed by atoms with van der Waals surface area (Å²) >= 11 is 1.85. The average Bonchev–Trinajstić information content (AvgIpc) is 2.40. The summed E-state index contributed by atoms with van der Waals surface area (Å²) < 4.78 is 38.5. The van der Waals surface area contributed by atoms with Crippen LogP contribution in [0.15, 0.2) is 30.5 Å². The first-order valence-electron chi connectivity index (χ1n) is 5.75. The van der Waals surface area contributed by atoms with Crippen LogP contribution in [0.3, 0.4) is 0 Å². The fraction of sp³-hybridized carbons (Fsp3) is 0.154. The maximum absolute atomic E-state index is 12.7.